The van der Waals surface area contributed by atoms with Gasteiger partial charge in [0, 0.05) is 6.54 Å². The van der Waals surface area contributed by atoms with Crippen LogP contribution in [0.4, 0.5) is 0 Å². The Bertz CT molecular complexity index is 246. The predicted molar refractivity (Wildman–Crippen MR) is 58.4 cm³/mol. The van der Waals surface area contributed by atoms with Crippen LogP contribution in [0.25, 0.3) is 0 Å². The number of amides is 1. The van der Waals surface area contributed by atoms with Crippen molar-refractivity contribution in [1.29, 1.82) is 5.26 Å². The molecular weight excluding hydrogens is 192 g/mol. The molecule has 0 bridgehead atoms. The highest BCUT2D eigenvalue weighted by Gasteiger charge is 2.26. The molecule has 0 spiro atoms. The molecule has 0 radical (unpaired) electrons. The van der Waals surface area contributed by atoms with Crippen molar-refractivity contribution >= 4 is 5.91 Å². The molecule has 0 aliphatic heterocycles. The van der Waals surface area contributed by atoms with E-state index in [2.05, 4.69) is 11.5 Å². The van der Waals surface area contributed by atoms with Crippen molar-refractivity contribution in [2.24, 2.45) is 17.7 Å². The lowest BCUT2D eigenvalue weighted by Gasteiger charge is -2.29. The Labute approximate surface area is 91.2 Å². The first-order valence-electron chi connectivity index (χ1n) is 5.04. The molecule has 0 aromatic heterocycles. The molecule has 2 unspecified atom stereocenters. The maximum atomic E-state index is 11.5. The van der Waals surface area contributed by atoms with E-state index in [9.17, 15) is 4.79 Å². The molecule has 0 aromatic carbocycles. The molecule has 2 atom stereocenters. The molecule has 0 aliphatic carbocycles. The number of hydrogen-bond donors (Lipinski definition) is 2. The molecule has 5 nitrogen and oxygen atoms in total. The first kappa shape index (κ1) is 13.9. The molecule has 3 N–H and O–H groups in total. The minimum atomic E-state index is -0.286. The number of nitriles is 1. The molecule has 86 valence electrons. The van der Waals surface area contributed by atoms with Crippen LogP contribution in [0.1, 0.15) is 20.8 Å². The van der Waals surface area contributed by atoms with Crippen molar-refractivity contribution in [1.82, 2.24) is 10.3 Å². The third-order valence-corrected chi connectivity index (χ3v) is 2.30. The highest BCUT2D eigenvalue weighted by molar-refractivity contribution is 5.81. The quantitative estimate of drug-likeness (QED) is 0.384. The molecule has 0 heterocycles. The summed E-state index contributed by atoms with van der Waals surface area (Å²) in [4.78, 5) is 13.4. The Morgan fingerprint density at radius 1 is 1.53 bits per heavy atom. The lowest BCUT2D eigenvalue weighted by atomic mass is 10.0. The van der Waals surface area contributed by atoms with Crippen LogP contribution in [0.5, 0.6) is 0 Å². The molecule has 0 fully saturated rings. The number of hydrazine groups is 1. The lowest BCUT2D eigenvalue weighted by molar-refractivity contribution is -0.127. The van der Waals surface area contributed by atoms with Gasteiger partial charge in [-0.05, 0) is 19.9 Å². The van der Waals surface area contributed by atoms with Crippen LogP contribution < -0.4 is 11.3 Å². The molecule has 0 rings (SSSR count). The molecule has 1 amide bonds. The van der Waals surface area contributed by atoms with E-state index >= 15 is 0 Å². The van der Waals surface area contributed by atoms with Gasteiger partial charge in [-0.3, -0.25) is 15.1 Å². The Morgan fingerprint density at radius 3 is 2.40 bits per heavy atom. The van der Waals surface area contributed by atoms with Crippen molar-refractivity contribution in [3.63, 3.8) is 0 Å². The van der Waals surface area contributed by atoms with E-state index in [0.29, 0.717) is 6.54 Å². The third-order valence-electron chi connectivity index (χ3n) is 2.30. The van der Waals surface area contributed by atoms with E-state index in [1.807, 2.05) is 32.7 Å². The zero-order valence-electron chi connectivity index (χ0n) is 9.82. The van der Waals surface area contributed by atoms with Gasteiger partial charge in [-0.2, -0.15) is 5.26 Å². The lowest BCUT2D eigenvalue weighted by Crippen LogP contribution is -2.51. The normalized spacial score (nSPS) is 14.8. The van der Waals surface area contributed by atoms with Crippen molar-refractivity contribution in [3.05, 3.63) is 0 Å². The third kappa shape index (κ3) is 4.28. The molecule has 0 aliphatic rings. The van der Waals surface area contributed by atoms with Crippen LogP contribution in [0.15, 0.2) is 0 Å². The second-order valence-corrected chi connectivity index (χ2v) is 4.17. The number of rotatable bonds is 5. The molecule has 0 saturated carbocycles. The van der Waals surface area contributed by atoms with Crippen LogP contribution in [0.3, 0.4) is 0 Å². The zero-order valence-corrected chi connectivity index (χ0v) is 9.82. The predicted octanol–water partition coefficient (Wildman–Crippen LogP) is 0.0924. The smallest absolute Gasteiger partial charge is 0.251 e. The fraction of sp³-hybridized carbons (Fsp3) is 0.800. The minimum Gasteiger partial charge on any atom is -0.294 e. The Kier molecular flexibility index (Phi) is 5.90. The van der Waals surface area contributed by atoms with Gasteiger partial charge in [0.05, 0.1) is 18.0 Å². The van der Waals surface area contributed by atoms with Crippen molar-refractivity contribution in [3.8, 4) is 6.07 Å². The standard InChI is InChI=1S/C10H20N4O/c1-7(2)9(10(15)13-12)14(4)6-8(3)5-11/h7-9H,6,12H2,1-4H3,(H,13,15). The zero-order chi connectivity index (χ0) is 12.0. The summed E-state index contributed by atoms with van der Waals surface area (Å²) in [6, 6.07) is 1.86. The first-order chi connectivity index (χ1) is 6.93. The van der Waals surface area contributed by atoms with Gasteiger partial charge in [0.2, 0.25) is 0 Å². The number of carbonyl (C=O) groups excluding carboxylic acids is 1. The summed E-state index contributed by atoms with van der Waals surface area (Å²) in [5, 5.41) is 8.70. The van der Waals surface area contributed by atoms with E-state index in [4.69, 9.17) is 11.1 Å². The summed E-state index contributed by atoms with van der Waals surface area (Å²) in [5.41, 5.74) is 2.16. The van der Waals surface area contributed by atoms with Crippen molar-refractivity contribution in [2.75, 3.05) is 13.6 Å². The summed E-state index contributed by atoms with van der Waals surface area (Å²) in [5.74, 6) is 4.97. The maximum absolute atomic E-state index is 11.5. The number of nitrogens with two attached hydrogens (primary N) is 1. The number of hydrogen-bond acceptors (Lipinski definition) is 4. The molecule has 5 heteroatoms. The van der Waals surface area contributed by atoms with Crippen LogP contribution in [-0.2, 0) is 4.79 Å². The average molecular weight is 212 g/mol. The van der Waals surface area contributed by atoms with E-state index < -0.39 is 0 Å². The van der Waals surface area contributed by atoms with Gasteiger partial charge in [-0.15, -0.1) is 0 Å². The van der Waals surface area contributed by atoms with Crippen LogP contribution in [0.2, 0.25) is 0 Å². The highest BCUT2D eigenvalue weighted by Crippen LogP contribution is 2.11. The summed E-state index contributed by atoms with van der Waals surface area (Å²) in [6.07, 6.45) is 0. The molecular formula is C10H20N4O. The van der Waals surface area contributed by atoms with Crippen LogP contribution >= 0.6 is 0 Å². The topological polar surface area (TPSA) is 82.2 Å². The highest BCUT2D eigenvalue weighted by atomic mass is 16.2. The SMILES string of the molecule is CC(C#N)CN(C)C(C(=O)NN)C(C)C. The maximum Gasteiger partial charge on any atom is 0.251 e. The van der Waals surface area contributed by atoms with Crippen molar-refractivity contribution < 1.29 is 4.79 Å². The van der Waals surface area contributed by atoms with Gasteiger partial charge in [0.1, 0.15) is 0 Å². The van der Waals surface area contributed by atoms with E-state index in [1.54, 1.807) is 0 Å². The number of nitrogens with zero attached hydrogens (tertiary/aromatic N) is 2. The van der Waals surface area contributed by atoms with Gasteiger partial charge >= 0.3 is 0 Å². The van der Waals surface area contributed by atoms with E-state index in [1.165, 1.54) is 0 Å². The first-order valence-corrected chi connectivity index (χ1v) is 5.04. The summed E-state index contributed by atoms with van der Waals surface area (Å²) >= 11 is 0. The Morgan fingerprint density at radius 2 is 2.07 bits per heavy atom. The Hall–Kier alpha value is -1.12. The minimum absolute atomic E-state index is 0.0955. The fourth-order valence-electron chi connectivity index (χ4n) is 1.68. The second kappa shape index (κ2) is 6.38. The molecule has 15 heavy (non-hydrogen) atoms. The summed E-state index contributed by atoms with van der Waals surface area (Å²) < 4.78 is 0. The van der Waals surface area contributed by atoms with Crippen LogP contribution in [-0.4, -0.2) is 30.4 Å². The van der Waals surface area contributed by atoms with Gasteiger partial charge in [0.25, 0.3) is 5.91 Å². The second-order valence-electron chi connectivity index (χ2n) is 4.17. The number of carbonyl (C=O) groups is 1. The van der Waals surface area contributed by atoms with Gasteiger partial charge in [-0.25, -0.2) is 5.84 Å². The fourth-order valence-corrected chi connectivity index (χ4v) is 1.68. The number of likely N-dealkylation sites (N-methyl/N-ethyl adjacent to an activating group) is 1. The van der Waals surface area contributed by atoms with E-state index in [0.717, 1.165) is 0 Å². The van der Waals surface area contributed by atoms with Gasteiger partial charge < -0.3 is 0 Å². The van der Waals surface area contributed by atoms with Crippen LogP contribution in [0, 0.1) is 23.2 Å². The van der Waals surface area contributed by atoms with Gasteiger partial charge in [0.15, 0.2) is 0 Å². The number of nitrogens with one attached hydrogen (secondary N) is 1. The largest absolute Gasteiger partial charge is 0.294 e. The average Bonchev–Trinajstić information content (AvgIpc) is 2.16. The van der Waals surface area contributed by atoms with E-state index in [-0.39, 0.29) is 23.8 Å². The summed E-state index contributed by atoms with van der Waals surface area (Å²) in [6.45, 7) is 6.29. The van der Waals surface area contributed by atoms with Gasteiger partial charge in [-0.1, -0.05) is 13.8 Å². The van der Waals surface area contributed by atoms with Crippen molar-refractivity contribution in [2.45, 2.75) is 26.8 Å². The Balaban J connectivity index is 4.50. The molecule has 0 aromatic rings. The molecule has 0 saturated heterocycles. The monoisotopic (exact) mass is 212 g/mol. The summed E-state index contributed by atoms with van der Waals surface area (Å²) in [7, 11) is 1.83.